The number of hydrogen-bond acceptors (Lipinski definition) is 2. The minimum absolute atomic E-state index is 0.0296. The fraction of sp³-hybridized carbons (Fsp3) is 0.571. The van der Waals surface area contributed by atoms with Crippen LogP contribution in [0.2, 0.25) is 0 Å². The number of imidazole rings is 1. The predicted molar refractivity (Wildman–Crippen MR) is 40.8 cm³/mol. The number of aromatic nitrogens is 2. The maximum absolute atomic E-state index is 13.1. The molecule has 0 aliphatic carbocycles. The molecule has 0 spiro atoms. The molecule has 0 saturated carbocycles. The van der Waals surface area contributed by atoms with Crippen molar-refractivity contribution in [2.75, 3.05) is 6.54 Å². The summed E-state index contributed by atoms with van der Waals surface area (Å²) in [5.74, 6) is -2.86. The molecule has 1 aromatic rings. The van der Waals surface area contributed by atoms with E-state index in [-0.39, 0.29) is 18.7 Å². The Balaban J connectivity index is 2.88. The van der Waals surface area contributed by atoms with Gasteiger partial charge in [-0.25, -0.2) is 4.98 Å². The molecule has 68 valence electrons. The molecule has 0 saturated heterocycles. The average molecular weight is 175 g/mol. The van der Waals surface area contributed by atoms with Gasteiger partial charge in [0.1, 0.15) is 5.69 Å². The van der Waals surface area contributed by atoms with Crippen LogP contribution in [0.5, 0.6) is 0 Å². The summed E-state index contributed by atoms with van der Waals surface area (Å²) in [6.07, 6.45) is 2.17. The average Bonchev–Trinajstić information content (AvgIpc) is 2.35. The third-order valence-corrected chi connectivity index (χ3v) is 1.65. The zero-order valence-corrected chi connectivity index (χ0v) is 6.80. The second kappa shape index (κ2) is 3.18. The molecule has 2 N–H and O–H groups in total. The number of alkyl halides is 2. The van der Waals surface area contributed by atoms with Gasteiger partial charge in [0.2, 0.25) is 0 Å². The molecule has 0 amide bonds. The first-order valence-corrected chi connectivity index (χ1v) is 3.62. The van der Waals surface area contributed by atoms with Crippen LogP contribution in [0.3, 0.4) is 0 Å². The third kappa shape index (κ3) is 1.61. The Bertz CT molecular complexity index is 257. The lowest BCUT2D eigenvalue weighted by molar-refractivity contribution is -0.0178. The number of rotatable bonds is 3. The van der Waals surface area contributed by atoms with Crippen LogP contribution in [0.4, 0.5) is 8.78 Å². The van der Waals surface area contributed by atoms with Crippen molar-refractivity contribution in [3.05, 3.63) is 18.2 Å². The second-order valence-corrected chi connectivity index (χ2v) is 2.63. The van der Waals surface area contributed by atoms with Crippen LogP contribution in [0.1, 0.15) is 12.1 Å². The molecule has 0 radical (unpaired) electrons. The number of nitrogens with zero attached hydrogens (tertiary/aromatic N) is 2. The lowest BCUT2D eigenvalue weighted by Gasteiger charge is -2.14. The lowest BCUT2D eigenvalue weighted by Crippen LogP contribution is -2.21. The first kappa shape index (κ1) is 9.12. The monoisotopic (exact) mass is 175 g/mol. The molecule has 0 bridgehead atoms. The lowest BCUT2D eigenvalue weighted by atomic mass is 10.2. The Morgan fingerprint density at radius 1 is 1.67 bits per heavy atom. The Kier molecular flexibility index (Phi) is 2.42. The van der Waals surface area contributed by atoms with E-state index < -0.39 is 5.92 Å². The van der Waals surface area contributed by atoms with Gasteiger partial charge < -0.3 is 10.3 Å². The van der Waals surface area contributed by atoms with Gasteiger partial charge in [-0.3, -0.25) is 0 Å². The maximum Gasteiger partial charge on any atom is 0.290 e. The van der Waals surface area contributed by atoms with Crippen molar-refractivity contribution in [1.29, 1.82) is 0 Å². The standard InChI is InChI=1S/C7H11F2N3/c1-12-5-11-4-6(12)7(8,9)2-3-10/h4-5H,2-3,10H2,1H3. The van der Waals surface area contributed by atoms with Crippen LogP contribution < -0.4 is 5.73 Å². The highest BCUT2D eigenvalue weighted by molar-refractivity contribution is 5.05. The number of hydrogen-bond donors (Lipinski definition) is 1. The van der Waals surface area contributed by atoms with E-state index in [0.717, 1.165) is 6.20 Å². The normalized spacial score (nSPS) is 12.0. The maximum atomic E-state index is 13.1. The van der Waals surface area contributed by atoms with Crippen molar-refractivity contribution >= 4 is 0 Å². The van der Waals surface area contributed by atoms with Crippen molar-refractivity contribution in [3.8, 4) is 0 Å². The van der Waals surface area contributed by atoms with E-state index in [1.165, 1.54) is 17.9 Å². The molecule has 1 rings (SSSR count). The van der Waals surface area contributed by atoms with Gasteiger partial charge in [-0.15, -0.1) is 0 Å². The fourth-order valence-corrected chi connectivity index (χ4v) is 1.02. The van der Waals surface area contributed by atoms with Gasteiger partial charge in [-0.05, 0) is 6.54 Å². The Morgan fingerprint density at radius 3 is 2.75 bits per heavy atom. The van der Waals surface area contributed by atoms with Crippen LogP contribution in [0, 0.1) is 0 Å². The Morgan fingerprint density at radius 2 is 2.33 bits per heavy atom. The molecule has 0 aliphatic rings. The fourth-order valence-electron chi connectivity index (χ4n) is 1.02. The van der Waals surface area contributed by atoms with E-state index in [2.05, 4.69) is 4.98 Å². The van der Waals surface area contributed by atoms with Gasteiger partial charge in [0.05, 0.1) is 12.5 Å². The van der Waals surface area contributed by atoms with Gasteiger partial charge >= 0.3 is 0 Å². The second-order valence-electron chi connectivity index (χ2n) is 2.63. The van der Waals surface area contributed by atoms with Crippen LogP contribution in [-0.4, -0.2) is 16.1 Å². The minimum atomic E-state index is -2.86. The molecule has 1 heterocycles. The first-order valence-electron chi connectivity index (χ1n) is 3.62. The van der Waals surface area contributed by atoms with Gasteiger partial charge in [0.15, 0.2) is 0 Å². The van der Waals surface area contributed by atoms with Gasteiger partial charge in [-0.2, -0.15) is 8.78 Å². The molecule has 0 aromatic carbocycles. The van der Waals surface area contributed by atoms with Crippen LogP contribution in [0.15, 0.2) is 12.5 Å². The summed E-state index contributed by atoms with van der Waals surface area (Å²) in [6, 6.07) is 0. The molecule has 0 aliphatic heterocycles. The molecular formula is C7H11F2N3. The highest BCUT2D eigenvalue weighted by atomic mass is 19.3. The molecular weight excluding hydrogens is 164 g/mol. The summed E-state index contributed by atoms with van der Waals surface area (Å²) in [5, 5.41) is 0. The van der Waals surface area contributed by atoms with Gasteiger partial charge in [0, 0.05) is 13.5 Å². The van der Waals surface area contributed by atoms with Crippen LogP contribution in [-0.2, 0) is 13.0 Å². The molecule has 0 unspecified atom stereocenters. The number of aryl methyl sites for hydroxylation is 1. The van der Waals surface area contributed by atoms with E-state index in [1.807, 2.05) is 0 Å². The molecule has 3 nitrogen and oxygen atoms in total. The van der Waals surface area contributed by atoms with Crippen LogP contribution in [0.25, 0.3) is 0 Å². The topological polar surface area (TPSA) is 43.8 Å². The Hall–Kier alpha value is -0.970. The summed E-state index contributed by atoms with van der Waals surface area (Å²) in [4.78, 5) is 3.61. The van der Waals surface area contributed by atoms with Gasteiger partial charge in [0.25, 0.3) is 5.92 Å². The van der Waals surface area contributed by atoms with E-state index in [0.29, 0.717) is 0 Å². The van der Waals surface area contributed by atoms with E-state index >= 15 is 0 Å². The zero-order chi connectivity index (χ0) is 9.19. The summed E-state index contributed by atoms with van der Waals surface area (Å²) < 4.78 is 27.5. The van der Waals surface area contributed by atoms with Crippen molar-refractivity contribution < 1.29 is 8.78 Å². The van der Waals surface area contributed by atoms with E-state index in [4.69, 9.17) is 5.73 Å². The van der Waals surface area contributed by atoms with Crippen molar-refractivity contribution in [1.82, 2.24) is 9.55 Å². The van der Waals surface area contributed by atoms with Crippen molar-refractivity contribution in [2.24, 2.45) is 12.8 Å². The zero-order valence-electron chi connectivity index (χ0n) is 6.80. The third-order valence-electron chi connectivity index (χ3n) is 1.65. The molecule has 5 heteroatoms. The summed E-state index contributed by atoms with van der Waals surface area (Å²) in [5.41, 5.74) is 4.97. The highest BCUT2D eigenvalue weighted by Crippen LogP contribution is 2.29. The molecule has 1 aromatic heterocycles. The quantitative estimate of drug-likeness (QED) is 0.740. The largest absolute Gasteiger partial charge is 0.333 e. The number of halogens is 2. The number of nitrogens with two attached hydrogens (primary N) is 1. The summed E-state index contributed by atoms with van der Waals surface area (Å²) in [6.45, 7) is -0.0296. The summed E-state index contributed by atoms with van der Waals surface area (Å²) >= 11 is 0. The Labute approximate surface area is 69.2 Å². The highest BCUT2D eigenvalue weighted by Gasteiger charge is 2.33. The first-order chi connectivity index (χ1) is 5.58. The molecule has 0 fully saturated rings. The van der Waals surface area contributed by atoms with E-state index in [1.54, 1.807) is 0 Å². The SMILES string of the molecule is Cn1cncc1C(F)(F)CCN. The van der Waals surface area contributed by atoms with E-state index in [9.17, 15) is 8.78 Å². The minimum Gasteiger partial charge on any atom is -0.333 e. The predicted octanol–water partition coefficient (Wildman–Crippen LogP) is 0.861. The summed E-state index contributed by atoms with van der Waals surface area (Å²) in [7, 11) is 1.53. The molecule has 0 atom stereocenters. The molecule has 12 heavy (non-hydrogen) atoms. The van der Waals surface area contributed by atoms with Crippen molar-refractivity contribution in [3.63, 3.8) is 0 Å². The van der Waals surface area contributed by atoms with Gasteiger partial charge in [-0.1, -0.05) is 0 Å². The smallest absolute Gasteiger partial charge is 0.290 e. The van der Waals surface area contributed by atoms with Crippen molar-refractivity contribution in [2.45, 2.75) is 12.3 Å². The van der Waals surface area contributed by atoms with Crippen LogP contribution >= 0.6 is 0 Å².